The molecule has 0 radical (unpaired) electrons. The number of para-hydroxylation sites is 1. The van der Waals surface area contributed by atoms with Crippen LogP contribution in [0.25, 0.3) is 0 Å². The third-order valence-electron chi connectivity index (χ3n) is 2.03. The summed E-state index contributed by atoms with van der Waals surface area (Å²) in [5.41, 5.74) is 1.85. The lowest BCUT2D eigenvalue weighted by Gasteiger charge is -2.05. The number of hydrogen-bond acceptors (Lipinski definition) is 2. The highest BCUT2D eigenvalue weighted by Gasteiger charge is 1.95. The molecule has 76 valence electrons. The Morgan fingerprint density at radius 1 is 1.13 bits per heavy atom. The molecular weight excluding hydrogens is 191 g/mol. The van der Waals surface area contributed by atoms with E-state index in [4.69, 9.17) is 0 Å². The average molecular weight is 202 g/mol. The molecular formula is C12H11FN2. The number of halogens is 1. The molecule has 0 atom stereocenters. The summed E-state index contributed by atoms with van der Waals surface area (Å²) >= 11 is 0. The molecule has 0 saturated carbocycles. The quantitative estimate of drug-likeness (QED) is 0.827. The molecule has 3 heteroatoms. The zero-order valence-corrected chi connectivity index (χ0v) is 8.15. The minimum Gasteiger partial charge on any atom is -0.381 e. The van der Waals surface area contributed by atoms with Crippen LogP contribution in [0.15, 0.2) is 48.8 Å². The van der Waals surface area contributed by atoms with Gasteiger partial charge in [-0.3, -0.25) is 4.98 Å². The summed E-state index contributed by atoms with van der Waals surface area (Å²) in [6, 6.07) is 11.3. The summed E-state index contributed by atoms with van der Waals surface area (Å²) in [6.45, 7) is 0.578. The smallest absolute Gasteiger partial charge is 0.141 e. The number of nitrogens with zero attached hydrogens (tertiary/aromatic N) is 1. The molecule has 0 aliphatic heterocycles. The van der Waals surface area contributed by atoms with Crippen LogP contribution in [-0.2, 0) is 6.54 Å². The maximum Gasteiger partial charge on any atom is 0.141 e. The van der Waals surface area contributed by atoms with Gasteiger partial charge in [-0.25, -0.2) is 4.39 Å². The van der Waals surface area contributed by atoms with Crippen molar-refractivity contribution in [2.24, 2.45) is 0 Å². The van der Waals surface area contributed by atoms with E-state index in [0.717, 1.165) is 11.3 Å². The van der Waals surface area contributed by atoms with Crippen LogP contribution in [0.5, 0.6) is 0 Å². The van der Waals surface area contributed by atoms with Gasteiger partial charge >= 0.3 is 0 Å². The highest BCUT2D eigenvalue weighted by Crippen LogP contribution is 2.08. The van der Waals surface area contributed by atoms with Gasteiger partial charge in [0.25, 0.3) is 0 Å². The number of hydrogen-bond donors (Lipinski definition) is 1. The molecule has 0 spiro atoms. The van der Waals surface area contributed by atoms with Gasteiger partial charge in [-0.15, -0.1) is 0 Å². The lowest BCUT2D eigenvalue weighted by atomic mass is 10.2. The first-order valence-electron chi connectivity index (χ1n) is 4.73. The number of benzene rings is 1. The summed E-state index contributed by atoms with van der Waals surface area (Å²) in [5.74, 6) is -0.303. The zero-order chi connectivity index (χ0) is 10.5. The van der Waals surface area contributed by atoms with E-state index < -0.39 is 0 Å². The highest BCUT2D eigenvalue weighted by molar-refractivity contribution is 5.42. The fraction of sp³-hybridized carbons (Fsp3) is 0.0833. The van der Waals surface area contributed by atoms with Gasteiger partial charge < -0.3 is 5.32 Å². The van der Waals surface area contributed by atoms with Crippen molar-refractivity contribution >= 4 is 5.69 Å². The zero-order valence-electron chi connectivity index (χ0n) is 8.15. The van der Waals surface area contributed by atoms with Crippen LogP contribution in [-0.4, -0.2) is 4.98 Å². The van der Waals surface area contributed by atoms with Crippen molar-refractivity contribution in [3.8, 4) is 0 Å². The van der Waals surface area contributed by atoms with Crippen molar-refractivity contribution in [2.75, 3.05) is 5.32 Å². The van der Waals surface area contributed by atoms with E-state index in [1.807, 2.05) is 30.3 Å². The summed E-state index contributed by atoms with van der Waals surface area (Å²) in [5, 5.41) is 3.18. The lowest BCUT2D eigenvalue weighted by molar-refractivity contribution is 0.619. The van der Waals surface area contributed by atoms with Crippen LogP contribution in [0.4, 0.5) is 10.1 Å². The van der Waals surface area contributed by atoms with Gasteiger partial charge in [0.15, 0.2) is 0 Å². The number of rotatable bonds is 3. The van der Waals surface area contributed by atoms with Crippen molar-refractivity contribution in [3.05, 3.63) is 60.2 Å². The number of anilines is 1. The predicted molar refractivity (Wildman–Crippen MR) is 58.0 cm³/mol. The van der Waals surface area contributed by atoms with Gasteiger partial charge in [-0.1, -0.05) is 18.2 Å². The van der Waals surface area contributed by atoms with E-state index in [1.165, 1.54) is 12.3 Å². The SMILES string of the molecule is Fc1cncc(CNc2ccccc2)c1. The monoisotopic (exact) mass is 202 g/mol. The minimum absolute atomic E-state index is 0.303. The molecule has 0 aliphatic rings. The van der Waals surface area contributed by atoms with Crippen LogP contribution < -0.4 is 5.32 Å². The van der Waals surface area contributed by atoms with Crippen molar-refractivity contribution in [3.63, 3.8) is 0 Å². The summed E-state index contributed by atoms with van der Waals surface area (Å²) in [4.78, 5) is 3.78. The molecule has 2 aromatic rings. The van der Waals surface area contributed by atoms with E-state index in [1.54, 1.807) is 6.20 Å². The maximum atomic E-state index is 12.8. The first-order valence-corrected chi connectivity index (χ1v) is 4.73. The normalized spacial score (nSPS) is 9.93. The molecule has 0 unspecified atom stereocenters. The molecule has 0 amide bonds. The molecule has 15 heavy (non-hydrogen) atoms. The van der Waals surface area contributed by atoms with Crippen molar-refractivity contribution in [1.82, 2.24) is 4.98 Å². The van der Waals surface area contributed by atoms with Gasteiger partial charge in [-0.2, -0.15) is 0 Å². The Morgan fingerprint density at radius 3 is 2.67 bits per heavy atom. The third kappa shape index (κ3) is 2.77. The van der Waals surface area contributed by atoms with Gasteiger partial charge in [-0.05, 0) is 23.8 Å². The fourth-order valence-corrected chi connectivity index (χ4v) is 1.31. The van der Waals surface area contributed by atoms with Crippen LogP contribution in [0.3, 0.4) is 0 Å². The first kappa shape index (κ1) is 9.65. The second-order valence-corrected chi connectivity index (χ2v) is 3.23. The van der Waals surface area contributed by atoms with Crippen molar-refractivity contribution in [1.29, 1.82) is 0 Å². The van der Waals surface area contributed by atoms with Gasteiger partial charge in [0.2, 0.25) is 0 Å². The molecule has 0 saturated heterocycles. The highest BCUT2D eigenvalue weighted by atomic mass is 19.1. The van der Waals surface area contributed by atoms with Gasteiger partial charge in [0.1, 0.15) is 5.82 Å². The first-order chi connectivity index (χ1) is 7.34. The summed E-state index contributed by atoms with van der Waals surface area (Å²) < 4.78 is 12.8. The maximum absolute atomic E-state index is 12.8. The van der Waals surface area contributed by atoms with Gasteiger partial charge in [0.05, 0.1) is 6.20 Å². The Hall–Kier alpha value is -1.90. The molecule has 0 bridgehead atoms. The van der Waals surface area contributed by atoms with Crippen molar-refractivity contribution < 1.29 is 4.39 Å². The standard InChI is InChI=1S/C12H11FN2/c13-11-6-10(7-14-9-11)8-15-12-4-2-1-3-5-12/h1-7,9,15H,8H2. The summed E-state index contributed by atoms with van der Waals surface area (Å²) in [6.07, 6.45) is 2.85. The van der Waals surface area contributed by atoms with Crippen LogP contribution in [0.1, 0.15) is 5.56 Å². The van der Waals surface area contributed by atoms with Crippen LogP contribution in [0, 0.1) is 5.82 Å². The Balaban J connectivity index is 1.99. The molecule has 2 nitrogen and oxygen atoms in total. The second kappa shape index (κ2) is 4.55. The van der Waals surface area contributed by atoms with E-state index >= 15 is 0 Å². The molecule has 1 heterocycles. The van der Waals surface area contributed by atoms with Gasteiger partial charge in [0, 0.05) is 18.4 Å². The Labute approximate surface area is 87.8 Å². The number of nitrogens with one attached hydrogen (secondary N) is 1. The molecule has 1 aromatic carbocycles. The fourth-order valence-electron chi connectivity index (χ4n) is 1.31. The Bertz CT molecular complexity index is 429. The van der Waals surface area contributed by atoms with Crippen LogP contribution >= 0.6 is 0 Å². The molecule has 0 aliphatic carbocycles. The lowest BCUT2D eigenvalue weighted by Crippen LogP contribution is -1.99. The topological polar surface area (TPSA) is 24.9 Å². The second-order valence-electron chi connectivity index (χ2n) is 3.23. The van der Waals surface area contributed by atoms with Crippen LogP contribution in [0.2, 0.25) is 0 Å². The largest absolute Gasteiger partial charge is 0.381 e. The number of pyridine rings is 1. The van der Waals surface area contributed by atoms with E-state index in [9.17, 15) is 4.39 Å². The third-order valence-corrected chi connectivity index (χ3v) is 2.03. The molecule has 1 N–H and O–H groups in total. The van der Waals surface area contributed by atoms with E-state index in [0.29, 0.717) is 6.54 Å². The molecule has 1 aromatic heterocycles. The van der Waals surface area contributed by atoms with Crippen molar-refractivity contribution in [2.45, 2.75) is 6.54 Å². The Morgan fingerprint density at radius 2 is 1.93 bits per heavy atom. The molecule has 0 fully saturated rings. The molecule has 2 rings (SSSR count). The predicted octanol–water partition coefficient (Wildman–Crippen LogP) is 2.83. The van der Waals surface area contributed by atoms with E-state index in [-0.39, 0.29) is 5.82 Å². The average Bonchev–Trinajstić information content (AvgIpc) is 2.28. The summed E-state index contributed by atoms with van der Waals surface area (Å²) in [7, 11) is 0. The van der Waals surface area contributed by atoms with E-state index in [2.05, 4.69) is 10.3 Å². The Kier molecular flexibility index (Phi) is 2.93. The minimum atomic E-state index is -0.303. The number of aromatic nitrogens is 1.